The zero-order chi connectivity index (χ0) is 20.6. The number of benzene rings is 1. The third-order valence-electron chi connectivity index (χ3n) is 5.61. The Morgan fingerprint density at radius 3 is 2.59 bits per heavy atom. The quantitative estimate of drug-likeness (QED) is 0.716. The first-order valence-electron chi connectivity index (χ1n) is 9.74. The summed E-state index contributed by atoms with van der Waals surface area (Å²) in [7, 11) is -1.21. The van der Waals surface area contributed by atoms with E-state index in [1.54, 1.807) is 17.0 Å². The molecule has 0 unspecified atom stereocenters. The van der Waals surface area contributed by atoms with Crippen molar-refractivity contribution < 1.29 is 18.0 Å². The van der Waals surface area contributed by atoms with Crippen molar-refractivity contribution in [2.75, 3.05) is 27.2 Å². The maximum absolute atomic E-state index is 12.9. The number of hydrogen-bond donors (Lipinski definition) is 1. The number of hydrogen-bond acceptors (Lipinski definition) is 6. The largest absolute Gasteiger partial charge is 0.339 e. The molecule has 0 atom stereocenters. The molecule has 1 amide bonds. The van der Waals surface area contributed by atoms with Gasteiger partial charge in [-0.3, -0.25) is 14.7 Å². The number of aromatic amines is 1. The van der Waals surface area contributed by atoms with Gasteiger partial charge in [0.05, 0.1) is 12.0 Å². The molecule has 1 N–H and O–H groups in total. The third-order valence-corrected chi connectivity index (χ3v) is 7.28. The first kappa shape index (κ1) is 20.0. The van der Waals surface area contributed by atoms with E-state index >= 15 is 0 Å². The Morgan fingerprint density at radius 2 is 1.93 bits per heavy atom. The van der Waals surface area contributed by atoms with Gasteiger partial charge in [0, 0.05) is 37.5 Å². The molecule has 156 valence electrons. The lowest BCUT2D eigenvalue weighted by molar-refractivity contribution is -0.0258. The molecule has 2 heterocycles. The Kier molecular flexibility index (Phi) is 5.41. The van der Waals surface area contributed by atoms with Gasteiger partial charge in [-0.15, -0.1) is 0 Å². The van der Waals surface area contributed by atoms with E-state index in [4.69, 9.17) is 4.84 Å². The molecule has 1 aliphatic carbocycles. The monoisotopic (exact) mass is 419 g/mol. The van der Waals surface area contributed by atoms with Gasteiger partial charge in [-0.25, -0.2) is 13.4 Å². The maximum atomic E-state index is 12.9. The number of rotatable bonds is 6. The highest BCUT2D eigenvalue weighted by Gasteiger charge is 2.31. The Bertz CT molecular complexity index is 994. The predicted octanol–water partition coefficient (Wildman–Crippen LogP) is 1.88. The normalized spacial score (nSPS) is 18.4. The van der Waals surface area contributed by atoms with Gasteiger partial charge in [0.15, 0.2) is 5.82 Å². The second-order valence-corrected chi connectivity index (χ2v) is 9.48. The third kappa shape index (κ3) is 4.05. The van der Waals surface area contributed by atoms with Crippen LogP contribution in [0.25, 0.3) is 0 Å². The van der Waals surface area contributed by atoms with Crippen LogP contribution >= 0.6 is 0 Å². The molecule has 9 nitrogen and oxygen atoms in total. The molecule has 2 aromatic rings. The molecule has 0 bridgehead atoms. The molecular formula is C19H25N5O4S. The summed E-state index contributed by atoms with van der Waals surface area (Å²) < 4.78 is 25.6. The fourth-order valence-electron chi connectivity index (χ4n) is 3.57. The van der Waals surface area contributed by atoms with Gasteiger partial charge < -0.3 is 4.90 Å². The van der Waals surface area contributed by atoms with Gasteiger partial charge in [-0.1, -0.05) is 10.5 Å². The van der Waals surface area contributed by atoms with Crippen molar-refractivity contribution in [1.29, 1.82) is 0 Å². The number of aromatic nitrogens is 3. The van der Waals surface area contributed by atoms with E-state index in [1.165, 1.54) is 39.1 Å². The van der Waals surface area contributed by atoms with Crippen LogP contribution in [0.15, 0.2) is 29.2 Å². The number of H-pyrrole nitrogens is 1. The number of carbonyl (C=O) groups is 1. The molecular weight excluding hydrogens is 394 g/mol. The molecule has 1 saturated carbocycles. The van der Waals surface area contributed by atoms with Crippen molar-refractivity contribution in [1.82, 2.24) is 24.5 Å². The topological polar surface area (TPSA) is 108 Å². The number of amides is 1. The minimum Gasteiger partial charge on any atom is -0.339 e. The maximum Gasteiger partial charge on any atom is 0.264 e. The number of piperidine rings is 1. The number of sulfonamides is 1. The summed E-state index contributed by atoms with van der Waals surface area (Å²) >= 11 is 0. The highest BCUT2D eigenvalue weighted by Crippen LogP contribution is 2.38. The Hall–Kier alpha value is -2.30. The van der Waals surface area contributed by atoms with Gasteiger partial charge >= 0.3 is 0 Å². The minimum atomic E-state index is -3.80. The van der Waals surface area contributed by atoms with Crippen molar-refractivity contribution in [2.45, 2.75) is 42.4 Å². The van der Waals surface area contributed by atoms with E-state index in [1.807, 2.05) is 0 Å². The first-order chi connectivity index (χ1) is 13.9. The van der Waals surface area contributed by atoms with E-state index in [-0.39, 0.29) is 16.7 Å². The van der Waals surface area contributed by atoms with E-state index in [0.717, 1.165) is 29.0 Å². The summed E-state index contributed by atoms with van der Waals surface area (Å²) in [6, 6.07) is 6.07. The highest BCUT2D eigenvalue weighted by molar-refractivity contribution is 7.89. The van der Waals surface area contributed by atoms with E-state index in [2.05, 4.69) is 15.2 Å². The van der Waals surface area contributed by atoms with Crippen molar-refractivity contribution in [3.63, 3.8) is 0 Å². The molecule has 0 radical (unpaired) electrons. The molecule has 1 aliphatic heterocycles. The summed E-state index contributed by atoms with van der Waals surface area (Å²) in [6.07, 6.45) is 3.93. The fourth-order valence-corrected chi connectivity index (χ4v) is 4.59. The molecule has 2 fully saturated rings. The number of likely N-dealkylation sites (tertiary alicyclic amines) is 1. The average Bonchev–Trinajstić information content (AvgIpc) is 3.49. The van der Waals surface area contributed by atoms with Crippen LogP contribution in [-0.2, 0) is 14.9 Å². The predicted molar refractivity (Wildman–Crippen MR) is 105 cm³/mol. The average molecular weight is 420 g/mol. The lowest BCUT2D eigenvalue weighted by Crippen LogP contribution is -2.38. The highest BCUT2D eigenvalue weighted by atomic mass is 32.2. The van der Waals surface area contributed by atoms with Crippen LogP contribution in [0.5, 0.6) is 0 Å². The lowest BCUT2D eigenvalue weighted by atomic mass is 9.95. The summed E-state index contributed by atoms with van der Waals surface area (Å²) in [5, 5.41) is 7.39. The minimum absolute atomic E-state index is 0.0249. The number of nitrogens with one attached hydrogen (secondary N) is 1. The second kappa shape index (κ2) is 7.85. The van der Waals surface area contributed by atoms with Crippen LogP contribution in [-0.4, -0.2) is 66.1 Å². The van der Waals surface area contributed by atoms with Crippen LogP contribution in [0.4, 0.5) is 0 Å². The number of nitrogens with zero attached hydrogens (tertiary/aromatic N) is 4. The summed E-state index contributed by atoms with van der Waals surface area (Å²) in [6.45, 7) is 1.19. The zero-order valence-electron chi connectivity index (χ0n) is 16.5. The van der Waals surface area contributed by atoms with Gasteiger partial charge in [0.25, 0.3) is 15.9 Å². The van der Waals surface area contributed by atoms with E-state index < -0.39 is 10.0 Å². The van der Waals surface area contributed by atoms with Gasteiger partial charge in [0.2, 0.25) is 0 Å². The standard InChI is InChI=1S/C19H25N5O4S/c1-23(28-2)29(26,27)16-5-3-4-15(12-16)19(25)24-10-8-14(9-11-24)18-20-17(21-22-18)13-6-7-13/h3-5,12-14H,6-11H2,1-2H3,(H,20,21,22). The lowest BCUT2D eigenvalue weighted by Gasteiger charge is -2.31. The summed E-state index contributed by atoms with van der Waals surface area (Å²) in [5.41, 5.74) is 0.352. The molecule has 2 aliphatic rings. The van der Waals surface area contributed by atoms with Crippen LogP contribution in [0, 0.1) is 0 Å². The second-order valence-electron chi connectivity index (χ2n) is 7.54. The van der Waals surface area contributed by atoms with Gasteiger partial charge in [0.1, 0.15) is 5.82 Å². The number of hydroxylamine groups is 1. The van der Waals surface area contributed by atoms with Crippen LogP contribution in [0.2, 0.25) is 0 Å². The zero-order valence-corrected chi connectivity index (χ0v) is 17.4. The molecule has 1 aromatic heterocycles. The van der Waals surface area contributed by atoms with Crippen molar-refractivity contribution in [3.05, 3.63) is 41.5 Å². The summed E-state index contributed by atoms with van der Waals surface area (Å²) in [4.78, 5) is 24.1. The molecule has 29 heavy (non-hydrogen) atoms. The molecule has 1 saturated heterocycles. The van der Waals surface area contributed by atoms with E-state index in [9.17, 15) is 13.2 Å². The molecule has 4 rings (SSSR count). The van der Waals surface area contributed by atoms with Crippen molar-refractivity contribution in [2.24, 2.45) is 0 Å². The van der Waals surface area contributed by atoms with Crippen LogP contribution < -0.4 is 0 Å². The Labute approximate surface area is 170 Å². The Balaban J connectivity index is 1.42. The van der Waals surface area contributed by atoms with Crippen molar-refractivity contribution in [3.8, 4) is 0 Å². The Morgan fingerprint density at radius 1 is 1.21 bits per heavy atom. The molecule has 0 spiro atoms. The van der Waals surface area contributed by atoms with Gasteiger partial charge in [-0.05, 0) is 43.9 Å². The van der Waals surface area contributed by atoms with Gasteiger partial charge in [-0.2, -0.15) is 5.10 Å². The number of carbonyl (C=O) groups excluding carboxylic acids is 1. The molecule has 1 aromatic carbocycles. The first-order valence-corrected chi connectivity index (χ1v) is 11.2. The SMILES string of the molecule is CON(C)S(=O)(=O)c1cccc(C(=O)N2CCC(c3nc(C4CC4)n[nH]3)CC2)c1. The van der Waals surface area contributed by atoms with E-state index in [0.29, 0.717) is 24.6 Å². The van der Waals surface area contributed by atoms with Crippen LogP contribution in [0.3, 0.4) is 0 Å². The fraction of sp³-hybridized carbons (Fsp3) is 0.526. The smallest absolute Gasteiger partial charge is 0.264 e. The molecule has 10 heteroatoms. The summed E-state index contributed by atoms with van der Waals surface area (Å²) in [5.74, 6) is 2.44. The van der Waals surface area contributed by atoms with Crippen LogP contribution in [0.1, 0.15) is 59.5 Å². The van der Waals surface area contributed by atoms with Crippen molar-refractivity contribution >= 4 is 15.9 Å².